The van der Waals surface area contributed by atoms with Crippen molar-refractivity contribution in [3.63, 3.8) is 0 Å². The van der Waals surface area contributed by atoms with Crippen molar-refractivity contribution >= 4 is 17.5 Å². The maximum Gasteiger partial charge on any atom is 0.336 e. The third-order valence-electron chi connectivity index (χ3n) is 3.50. The lowest BCUT2D eigenvalue weighted by Crippen LogP contribution is -2.53. The summed E-state index contributed by atoms with van der Waals surface area (Å²) < 4.78 is 9.46. The number of hydrogen-bond acceptors (Lipinski definition) is 5. The molecule has 1 aromatic rings. The zero-order chi connectivity index (χ0) is 15.5. The van der Waals surface area contributed by atoms with E-state index in [0.717, 1.165) is 11.1 Å². The van der Waals surface area contributed by atoms with E-state index in [9.17, 15) is 9.59 Å². The van der Waals surface area contributed by atoms with Crippen molar-refractivity contribution < 1.29 is 19.1 Å². The van der Waals surface area contributed by atoms with E-state index in [1.54, 1.807) is 6.08 Å². The Bertz CT molecular complexity index is 618. The van der Waals surface area contributed by atoms with Gasteiger partial charge in [0.2, 0.25) is 0 Å². The third-order valence-corrected chi connectivity index (χ3v) is 3.50. The Labute approximate surface area is 123 Å². The largest absolute Gasteiger partial charge is 0.467 e. The van der Waals surface area contributed by atoms with Gasteiger partial charge in [0.05, 0.1) is 19.8 Å². The van der Waals surface area contributed by atoms with Gasteiger partial charge in [-0.05, 0) is 17.2 Å². The zero-order valence-corrected chi connectivity index (χ0v) is 12.0. The van der Waals surface area contributed by atoms with E-state index in [-0.39, 0.29) is 12.0 Å². The quantitative estimate of drug-likeness (QED) is 0.851. The number of allylic oxidation sites excluding steroid dienone is 2. The highest BCUT2D eigenvalue weighted by atomic mass is 16.5. The molecule has 0 aromatic heterocycles. The summed E-state index contributed by atoms with van der Waals surface area (Å²) in [7, 11) is 2.49. The highest BCUT2D eigenvalue weighted by molar-refractivity contribution is 6.03. The predicted molar refractivity (Wildman–Crippen MR) is 78.1 cm³/mol. The maximum absolute atomic E-state index is 12.1. The van der Waals surface area contributed by atoms with Crippen molar-refractivity contribution in [3.05, 3.63) is 53.6 Å². The lowest BCUT2D eigenvalue weighted by molar-refractivity contribution is -0.148. The number of benzene rings is 1. The first-order valence-electron chi connectivity index (χ1n) is 6.45. The number of ether oxygens (including phenoxy) is 2. The maximum atomic E-state index is 12.1. The number of esters is 2. The second-order valence-electron chi connectivity index (χ2n) is 4.77. The molecule has 1 atom stereocenters. The van der Waals surface area contributed by atoms with Crippen molar-refractivity contribution in [1.82, 2.24) is 0 Å². The molecule has 0 radical (unpaired) electrons. The van der Waals surface area contributed by atoms with Gasteiger partial charge in [-0.25, -0.2) is 9.59 Å². The summed E-state index contributed by atoms with van der Waals surface area (Å²) in [5, 5.41) is 0. The van der Waals surface area contributed by atoms with Crippen LogP contribution in [0.15, 0.2) is 48.1 Å². The van der Waals surface area contributed by atoms with Crippen molar-refractivity contribution in [2.75, 3.05) is 14.2 Å². The number of methoxy groups -OCH3 is 2. The van der Waals surface area contributed by atoms with Gasteiger partial charge in [-0.15, -0.1) is 0 Å². The molecule has 0 saturated heterocycles. The summed E-state index contributed by atoms with van der Waals surface area (Å²) in [6.07, 6.45) is 3.47. The second-order valence-corrected chi connectivity index (χ2v) is 4.77. The molecule has 1 aromatic carbocycles. The normalized spacial score (nSPS) is 21.1. The van der Waals surface area contributed by atoms with Crippen molar-refractivity contribution in [1.29, 1.82) is 0 Å². The smallest absolute Gasteiger partial charge is 0.336 e. The van der Waals surface area contributed by atoms with Gasteiger partial charge < -0.3 is 15.2 Å². The van der Waals surface area contributed by atoms with Crippen LogP contribution in [0.3, 0.4) is 0 Å². The molecular weight excluding hydrogens is 270 g/mol. The van der Waals surface area contributed by atoms with Gasteiger partial charge in [0, 0.05) is 6.42 Å². The average molecular weight is 287 g/mol. The molecule has 0 amide bonds. The molecule has 0 aliphatic heterocycles. The van der Waals surface area contributed by atoms with Gasteiger partial charge in [0.1, 0.15) is 0 Å². The number of hydrogen-bond donors (Lipinski definition) is 1. The first kappa shape index (κ1) is 15.0. The van der Waals surface area contributed by atoms with E-state index in [1.807, 2.05) is 30.3 Å². The van der Waals surface area contributed by atoms with Crippen LogP contribution in [0.1, 0.15) is 12.0 Å². The third kappa shape index (κ3) is 2.73. The summed E-state index contributed by atoms with van der Waals surface area (Å²) in [6, 6.07) is 9.53. The van der Waals surface area contributed by atoms with Gasteiger partial charge in [-0.3, -0.25) is 0 Å². The van der Waals surface area contributed by atoms with E-state index in [0.29, 0.717) is 0 Å². The fourth-order valence-electron chi connectivity index (χ4n) is 2.36. The van der Waals surface area contributed by atoms with Crippen molar-refractivity contribution in [2.45, 2.75) is 12.0 Å². The monoisotopic (exact) mass is 287 g/mol. The Hall–Kier alpha value is -2.40. The molecule has 110 valence electrons. The van der Waals surface area contributed by atoms with Gasteiger partial charge >= 0.3 is 11.9 Å². The van der Waals surface area contributed by atoms with Crippen LogP contribution in [-0.4, -0.2) is 31.7 Å². The van der Waals surface area contributed by atoms with Crippen molar-refractivity contribution in [2.24, 2.45) is 5.73 Å². The van der Waals surface area contributed by atoms with E-state index < -0.39 is 17.5 Å². The lowest BCUT2D eigenvalue weighted by atomic mass is 9.78. The Morgan fingerprint density at radius 1 is 1.10 bits per heavy atom. The topological polar surface area (TPSA) is 78.6 Å². The van der Waals surface area contributed by atoms with Gasteiger partial charge in [0.25, 0.3) is 0 Å². The molecule has 0 bridgehead atoms. The molecular formula is C16H17NO4. The Kier molecular flexibility index (Phi) is 4.23. The highest BCUT2D eigenvalue weighted by Crippen LogP contribution is 2.34. The predicted octanol–water partition coefficient (Wildman–Crippen LogP) is 1.44. The van der Waals surface area contributed by atoms with E-state index >= 15 is 0 Å². The molecule has 1 aliphatic rings. The molecule has 0 fully saturated rings. The fraction of sp³-hybridized carbons (Fsp3) is 0.250. The van der Waals surface area contributed by atoms with E-state index in [1.165, 1.54) is 20.3 Å². The van der Waals surface area contributed by atoms with E-state index in [4.69, 9.17) is 15.2 Å². The average Bonchev–Trinajstić information content (AvgIpc) is 2.54. The first-order valence-corrected chi connectivity index (χ1v) is 6.45. The molecule has 0 spiro atoms. The molecule has 2 N–H and O–H groups in total. The summed E-state index contributed by atoms with van der Waals surface area (Å²) in [6.45, 7) is 0. The SMILES string of the molecule is COC(=O)C1=CC=C(c2ccccc2)CC1(N)C(=O)OC. The number of rotatable bonds is 3. The van der Waals surface area contributed by atoms with Crippen LogP contribution < -0.4 is 5.73 Å². The van der Waals surface area contributed by atoms with Crippen LogP contribution in [0.25, 0.3) is 5.57 Å². The summed E-state index contributed by atoms with van der Waals surface area (Å²) in [4.78, 5) is 23.9. The van der Waals surface area contributed by atoms with E-state index in [2.05, 4.69) is 0 Å². The highest BCUT2D eigenvalue weighted by Gasteiger charge is 2.45. The minimum Gasteiger partial charge on any atom is -0.467 e. The molecule has 1 aliphatic carbocycles. The van der Waals surface area contributed by atoms with Gasteiger partial charge in [-0.2, -0.15) is 0 Å². The molecule has 21 heavy (non-hydrogen) atoms. The standard InChI is InChI=1S/C16H17NO4/c1-20-14(18)13-9-8-12(11-6-4-3-5-7-11)10-16(13,17)15(19)21-2/h3-9H,10,17H2,1-2H3. The van der Waals surface area contributed by atoms with Crippen LogP contribution in [0, 0.1) is 0 Å². The summed E-state index contributed by atoms with van der Waals surface area (Å²) in [5.74, 6) is -1.30. The molecule has 0 heterocycles. The summed E-state index contributed by atoms with van der Waals surface area (Å²) >= 11 is 0. The molecule has 5 nitrogen and oxygen atoms in total. The Morgan fingerprint density at radius 2 is 1.76 bits per heavy atom. The molecule has 2 rings (SSSR count). The van der Waals surface area contributed by atoms with Crippen LogP contribution >= 0.6 is 0 Å². The van der Waals surface area contributed by atoms with Crippen LogP contribution in [-0.2, 0) is 19.1 Å². The minimum absolute atomic E-state index is 0.0940. The van der Waals surface area contributed by atoms with Crippen molar-refractivity contribution in [3.8, 4) is 0 Å². The number of carbonyl (C=O) groups is 2. The van der Waals surface area contributed by atoms with Gasteiger partial charge in [-0.1, -0.05) is 36.4 Å². The fourth-order valence-corrected chi connectivity index (χ4v) is 2.36. The molecule has 1 unspecified atom stereocenters. The van der Waals surface area contributed by atoms with Gasteiger partial charge in [0.15, 0.2) is 5.54 Å². The minimum atomic E-state index is -1.54. The lowest BCUT2D eigenvalue weighted by Gasteiger charge is -2.31. The zero-order valence-electron chi connectivity index (χ0n) is 12.0. The van der Waals surface area contributed by atoms with Crippen LogP contribution in [0.5, 0.6) is 0 Å². The Morgan fingerprint density at radius 3 is 2.33 bits per heavy atom. The second kappa shape index (κ2) is 5.93. The number of carbonyl (C=O) groups excluding carboxylic acids is 2. The molecule has 0 saturated carbocycles. The first-order chi connectivity index (χ1) is 10.0. The molecule has 5 heteroatoms. The summed E-state index contributed by atoms with van der Waals surface area (Å²) in [5.41, 5.74) is 6.53. The Balaban J connectivity index is 2.47. The number of nitrogens with two attached hydrogens (primary N) is 1. The van der Waals surface area contributed by atoms with Crippen LogP contribution in [0.2, 0.25) is 0 Å². The van der Waals surface area contributed by atoms with Crippen LogP contribution in [0.4, 0.5) is 0 Å².